The van der Waals surface area contributed by atoms with Gasteiger partial charge < -0.3 is 10.2 Å². The van der Waals surface area contributed by atoms with Gasteiger partial charge in [-0.2, -0.15) is 0 Å². The van der Waals surface area contributed by atoms with Crippen LogP contribution < -0.4 is 5.32 Å². The SMILES string of the molecule is CNC(=O)C1=NOCc2cc(-c3ccc(F)cc3)ccc21. The molecule has 3 rings (SSSR count). The summed E-state index contributed by atoms with van der Waals surface area (Å²) in [4.78, 5) is 16.9. The highest BCUT2D eigenvalue weighted by Crippen LogP contribution is 2.25. The largest absolute Gasteiger partial charge is 0.390 e. The number of likely N-dealkylation sites (N-methyl/N-ethyl adjacent to an activating group) is 1. The average molecular weight is 284 g/mol. The molecule has 0 radical (unpaired) electrons. The predicted octanol–water partition coefficient (Wildman–Crippen LogP) is 2.47. The standard InChI is InChI=1S/C16H13FN2O2/c1-18-16(20)15-14-7-4-11(8-12(14)9-21-19-15)10-2-5-13(17)6-3-10/h2-8H,9H2,1H3,(H,18,20). The number of nitrogens with zero attached hydrogens (tertiary/aromatic N) is 1. The van der Waals surface area contributed by atoms with E-state index in [0.29, 0.717) is 6.61 Å². The molecule has 106 valence electrons. The van der Waals surface area contributed by atoms with Crippen molar-refractivity contribution in [3.63, 3.8) is 0 Å². The smallest absolute Gasteiger partial charge is 0.273 e. The maximum absolute atomic E-state index is 13.0. The molecule has 5 heteroatoms. The molecule has 1 aliphatic rings. The third-order valence-corrected chi connectivity index (χ3v) is 3.36. The number of carbonyl (C=O) groups is 1. The summed E-state index contributed by atoms with van der Waals surface area (Å²) < 4.78 is 13.0. The molecule has 21 heavy (non-hydrogen) atoms. The van der Waals surface area contributed by atoms with Gasteiger partial charge in [0.1, 0.15) is 12.4 Å². The number of carbonyl (C=O) groups excluding carboxylic acids is 1. The molecular formula is C16H13FN2O2. The molecule has 0 saturated heterocycles. The van der Waals surface area contributed by atoms with Gasteiger partial charge in [0.25, 0.3) is 5.91 Å². The zero-order valence-electron chi connectivity index (χ0n) is 11.4. The Labute approximate surface area is 121 Å². The van der Waals surface area contributed by atoms with Gasteiger partial charge in [-0.25, -0.2) is 4.39 Å². The molecule has 1 heterocycles. The maximum Gasteiger partial charge on any atom is 0.273 e. The van der Waals surface area contributed by atoms with Crippen molar-refractivity contribution >= 4 is 11.6 Å². The normalized spacial score (nSPS) is 13.0. The summed E-state index contributed by atoms with van der Waals surface area (Å²) in [7, 11) is 1.55. The lowest BCUT2D eigenvalue weighted by atomic mass is 9.96. The Balaban J connectivity index is 2.01. The van der Waals surface area contributed by atoms with E-state index in [-0.39, 0.29) is 17.4 Å². The Hall–Kier alpha value is -2.69. The van der Waals surface area contributed by atoms with E-state index in [1.54, 1.807) is 19.2 Å². The third kappa shape index (κ3) is 2.50. The van der Waals surface area contributed by atoms with E-state index in [2.05, 4.69) is 10.5 Å². The van der Waals surface area contributed by atoms with Gasteiger partial charge in [-0.15, -0.1) is 0 Å². The van der Waals surface area contributed by atoms with Gasteiger partial charge in [0, 0.05) is 18.2 Å². The first kappa shape index (κ1) is 13.3. The van der Waals surface area contributed by atoms with Gasteiger partial charge in [-0.1, -0.05) is 29.4 Å². The van der Waals surface area contributed by atoms with Gasteiger partial charge in [-0.3, -0.25) is 4.79 Å². The first-order valence-electron chi connectivity index (χ1n) is 6.50. The highest BCUT2D eigenvalue weighted by Gasteiger charge is 2.21. The van der Waals surface area contributed by atoms with E-state index < -0.39 is 0 Å². The van der Waals surface area contributed by atoms with Gasteiger partial charge in [0.15, 0.2) is 5.71 Å². The fraction of sp³-hybridized carbons (Fsp3) is 0.125. The van der Waals surface area contributed by atoms with Crippen LogP contribution in [-0.2, 0) is 16.2 Å². The minimum absolute atomic E-state index is 0.268. The van der Waals surface area contributed by atoms with Crippen molar-refractivity contribution in [1.82, 2.24) is 5.32 Å². The maximum atomic E-state index is 13.0. The van der Waals surface area contributed by atoms with E-state index in [0.717, 1.165) is 22.3 Å². The van der Waals surface area contributed by atoms with Crippen molar-refractivity contribution in [3.05, 3.63) is 59.4 Å². The van der Waals surface area contributed by atoms with Crippen molar-refractivity contribution in [2.45, 2.75) is 6.61 Å². The van der Waals surface area contributed by atoms with E-state index in [1.807, 2.05) is 18.2 Å². The van der Waals surface area contributed by atoms with Crippen molar-refractivity contribution < 1.29 is 14.0 Å². The molecule has 4 nitrogen and oxygen atoms in total. The average Bonchev–Trinajstić information content (AvgIpc) is 2.53. The fourth-order valence-electron chi connectivity index (χ4n) is 2.26. The van der Waals surface area contributed by atoms with E-state index in [4.69, 9.17) is 4.84 Å². The number of fused-ring (bicyclic) bond motifs is 1. The highest BCUT2D eigenvalue weighted by atomic mass is 19.1. The summed E-state index contributed by atoms with van der Waals surface area (Å²) in [6.45, 7) is 0.310. The number of rotatable bonds is 2. The van der Waals surface area contributed by atoms with E-state index in [1.165, 1.54) is 12.1 Å². The lowest BCUT2D eigenvalue weighted by molar-refractivity contribution is -0.114. The first-order valence-corrected chi connectivity index (χ1v) is 6.50. The molecule has 0 fully saturated rings. The minimum atomic E-state index is -0.287. The van der Waals surface area contributed by atoms with Crippen LogP contribution in [0.25, 0.3) is 11.1 Å². The molecule has 1 amide bonds. The highest BCUT2D eigenvalue weighted by molar-refractivity contribution is 6.45. The Morgan fingerprint density at radius 2 is 1.90 bits per heavy atom. The number of halogens is 1. The topological polar surface area (TPSA) is 50.7 Å². The summed E-state index contributed by atoms with van der Waals surface area (Å²) >= 11 is 0. The van der Waals surface area contributed by atoms with Crippen LogP contribution >= 0.6 is 0 Å². The lowest BCUT2D eigenvalue weighted by Crippen LogP contribution is -2.30. The summed E-state index contributed by atoms with van der Waals surface area (Å²) in [6.07, 6.45) is 0. The number of amides is 1. The Morgan fingerprint density at radius 1 is 1.19 bits per heavy atom. The second-order valence-electron chi connectivity index (χ2n) is 4.67. The van der Waals surface area contributed by atoms with Crippen molar-refractivity contribution in [3.8, 4) is 11.1 Å². The number of hydrogen-bond donors (Lipinski definition) is 1. The lowest BCUT2D eigenvalue weighted by Gasteiger charge is -2.16. The third-order valence-electron chi connectivity index (χ3n) is 3.36. The molecule has 0 atom stereocenters. The van der Waals surface area contributed by atoms with Crippen LogP contribution in [0.2, 0.25) is 0 Å². The molecule has 2 aromatic carbocycles. The van der Waals surface area contributed by atoms with Crippen LogP contribution in [0.3, 0.4) is 0 Å². The first-order chi connectivity index (χ1) is 10.2. The van der Waals surface area contributed by atoms with Gasteiger partial charge in [-0.05, 0) is 29.3 Å². The van der Waals surface area contributed by atoms with E-state index in [9.17, 15) is 9.18 Å². The van der Waals surface area contributed by atoms with Gasteiger partial charge in [0.2, 0.25) is 0 Å². The Kier molecular flexibility index (Phi) is 3.39. The van der Waals surface area contributed by atoms with Crippen LogP contribution in [0.15, 0.2) is 47.6 Å². The molecule has 0 unspecified atom stereocenters. The number of nitrogens with one attached hydrogen (secondary N) is 1. The minimum Gasteiger partial charge on any atom is -0.390 e. The number of hydrogen-bond acceptors (Lipinski definition) is 3. The zero-order chi connectivity index (χ0) is 14.8. The summed E-state index contributed by atoms with van der Waals surface area (Å²) in [5, 5.41) is 6.35. The molecule has 0 bridgehead atoms. The van der Waals surface area contributed by atoms with E-state index >= 15 is 0 Å². The van der Waals surface area contributed by atoms with Crippen LogP contribution in [0.4, 0.5) is 4.39 Å². The molecule has 2 aromatic rings. The molecule has 0 aliphatic carbocycles. The number of oxime groups is 1. The van der Waals surface area contributed by atoms with Crippen LogP contribution in [0.1, 0.15) is 11.1 Å². The summed E-state index contributed by atoms with van der Waals surface area (Å²) in [5.74, 6) is -0.556. The van der Waals surface area contributed by atoms with Crippen molar-refractivity contribution in [2.24, 2.45) is 5.16 Å². The van der Waals surface area contributed by atoms with Crippen LogP contribution in [-0.4, -0.2) is 18.7 Å². The fourth-order valence-corrected chi connectivity index (χ4v) is 2.26. The molecule has 0 aromatic heterocycles. The monoisotopic (exact) mass is 284 g/mol. The van der Waals surface area contributed by atoms with Gasteiger partial charge >= 0.3 is 0 Å². The van der Waals surface area contributed by atoms with Crippen LogP contribution in [0.5, 0.6) is 0 Å². The molecule has 1 aliphatic heterocycles. The molecule has 1 N–H and O–H groups in total. The number of benzene rings is 2. The quantitative estimate of drug-likeness (QED) is 0.921. The molecule has 0 spiro atoms. The Morgan fingerprint density at radius 3 is 2.62 bits per heavy atom. The van der Waals surface area contributed by atoms with Crippen molar-refractivity contribution in [1.29, 1.82) is 0 Å². The van der Waals surface area contributed by atoms with Crippen LogP contribution in [0, 0.1) is 5.82 Å². The Bertz CT molecular complexity index is 724. The zero-order valence-corrected chi connectivity index (χ0v) is 11.4. The molecule has 0 saturated carbocycles. The second-order valence-corrected chi connectivity index (χ2v) is 4.67. The summed E-state index contributed by atoms with van der Waals surface area (Å²) in [6, 6.07) is 11.9. The van der Waals surface area contributed by atoms with Gasteiger partial charge in [0.05, 0.1) is 0 Å². The molecular weight excluding hydrogens is 271 g/mol. The predicted molar refractivity (Wildman–Crippen MR) is 77.2 cm³/mol. The second kappa shape index (κ2) is 5.36. The van der Waals surface area contributed by atoms with Crippen molar-refractivity contribution in [2.75, 3.05) is 7.05 Å². The summed E-state index contributed by atoms with van der Waals surface area (Å²) in [5.41, 5.74) is 3.75.